The van der Waals surface area contributed by atoms with E-state index in [1.807, 2.05) is 6.07 Å². The van der Waals surface area contributed by atoms with Crippen LogP contribution < -0.4 is 10.6 Å². The van der Waals surface area contributed by atoms with Crippen LogP contribution in [-0.4, -0.2) is 70.4 Å². The van der Waals surface area contributed by atoms with E-state index < -0.39 is 0 Å². The van der Waals surface area contributed by atoms with Gasteiger partial charge in [-0.25, -0.2) is 9.29 Å². The van der Waals surface area contributed by atoms with E-state index in [0.717, 1.165) is 51.5 Å². The zero-order valence-corrected chi connectivity index (χ0v) is 22.4. The molecule has 0 aliphatic carbocycles. The number of benzene rings is 2. The van der Waals surface area contributed by atoms with Crippen LogP contribution in [0.4, 0.5) is 17.5 Å². The Balaban J connectivity index is 1.18. The molecule has 0 unspecified atom stereocenters. The monoisotopic (exact) mass is 523 g/mol. The second-order valence-corrected chi connectivity index (χ2v) is 11.0. The first-order chi connectivity index (χ1) is 17.6. The molecule has 0 saturated carbocycles. The Morgan fingerprint density at radius 3 is 2.42 bits per heavy atom. The predicted octanol–water partition coefficient (Wildman–Crippen LogP) is 5.34. The van der Waals surface area contributed by atoms with Crippen LogP contribution in [0.15, 0.2) is 59.6 Å². The number of hydrogen-bond acceptors (Lipinski definition) is 8. The van der Waals surface area contributed by atoms with Crippen molar-refractivity contribution in [2.24, 2.45) is 0 Å². The molecule has 3 heterocycles. The third kappa shape index (κ3) is 6.89. The largest absolute Gasteiger partial charge is 0.350 e. The Hall–Kier alpha value is -2.36. The molecule has 1 aromatic heterocycles. The van der Waals surface area contributed by atoms with Gasteiger partial charge in [0, 0.05) is 57.3 Å². The number of piperazine rings is 1. The minimum atomic E-state index is 0.495. The van der Waals surface area contributed by atoms with Gasteiger partial charge >= 0.3 is 0 Å². The summed E-state index contributed by atoms with van der Waals surface area (Å²) < 4.78 is 2.41. The van der Waals surface area contributed by atoms with Crippen LogP contribution in [0, 0.1) is 0 Å². The van der Waals surface area contributed by atoms with Crippen molar-refractivity contribution in [1.82, 2.24) is 24.1 Å². The molecule has 7 nitrogen and oxygen atoms in total. The average molecular weight is 524 g/mol. The third-order valence-corrected chi connectivity index (χ3v) is 8.11. The Morgan fingerprint density at radius 1 is 0.917 bits per heavy atom. The van der Waals surface area contributed by atoms with Crippen LogP contribution in [0.3, 0.4) is 0 Å². The fourth-order valence-corrected chi connectivity index (χ4v) is 5.66. The van der Waals surface area contributed by atoms with E-state index in [1.165, 1.54) is 28.9 Å². The molecule has 3 aromatic rings. The van der Waals surface area contributed by atoms with Crippen molar-refractivity contribution in [3.63, 3.8) is 0 Å². The lowest BCUT2D eigenvalue weighted by Crippen LogP contribution is -2.43. The van der Waals surface area contributed by atoms with Gasteiger partial charge in [0.1, 0.15) is 5.02 Å². The summed E-state index contributed by atoms with van der Waals surface area (Å²) in [5.41, 5.74) is 3.54. The second-order valence-electron chi connectivity index (χ2n) is 9.49. The van der Waals surface area contributed by atoms with E-state index in [0.29, 0.717) is 23.3 Å². The molecule has 2 aliphatic rings. The fourth-order valence-electron chi connectivity index (χ4n) is 4.44. The lowest BCUT2D eigenvalue weighted by Gasteiger charge is -2.32. The Labute approximate surface area is 223 Å². The molecular weight excluding hydrogens is 490 g/mol. The summed E-state index contributed by atoms with van der Waals surface area (Å²) in [6, 6.07) is 17.1. The van der Waals surface area contributed by atoms with Crippen molar-refractivity contribution in [2.45, 2.75) is 30.8 Å². The highest BCUT2D eigenvalue weighted by Gasteiger charge is 2.16. The first kappa shape index (κ1) is 25.3. The van der Waals surface area contributed by atoms with Crippen molar-refractivity contribution in [2.75, 3.05) is 56.9 Å². The van der Waals surface area contributed by atoms with Gasteiger partial charge in [-0.1, -0.05) is 48.0 Å². The van der Waals surface area contributed by atoms with Gasteiger partial charge in [-0.05, 0) is 55.1 Å². The van der Waals surface area contributed by atoms with Crippen LogP contribution >= 0.6 is 23.5 Å². The molecule has 190 valence electrons. The maximum Gasteiger partial charge on any atom is 0.224 e. The summed E-state index contributed by atoms with van der Waals surface area (Å²) in [5.74, 6) is 1.15. The number of likely N-dealkylation sites (N-methyl/N-ethyl adjacent to an activating group) is 1. The van der Waals surface area contributed by atoms with E-state index in [-0.39, 0.29) is 0 Å². The van der Waals surface area contributed by atoms with Gasteiger partial charge in [-0.15, -0.1) is 0 Å². The standard InChI is InChI=1S/C27H34ClN7S/c1-33-14-16-34(17-15-33)20-22-10-8-21(9-11-22)18-29-27-30-19-23(28)26(32-27)31-24-6-2-3-7-25(24)36-35-12-4-5-13-35/h2-3,6-11,19H,4-5,12-18,20H2,1H3,(H2,29,30,31,32). The van der Waals surface area contributed by atoms with Gasteiger partial charge < -0.3 is 15.5 Å². The highest BCUT2D eigenvalue weighted by atomic mass is 35.5. The van der Waals surface area contributed by atoms with E-state index in [4.69, 9.17) is 11.6 Å². The zero-order valence-electron chi connectivity index (χ0n) is 20.8. The van der Waals surface area contributed by atoms with E-state index in [9.17, 15) is 0 Å². The SMILES string of the molecule is CN1CCN(Cc2ccc(CNc3ncc(Cl)c(Nc4ccccc4SN4CCCC4)n3)cc2)CC1. The smallest absolute Gasteiger partial charge is 0.224 e. The number of para-hydroxylation sites is 1. The van der Waals surface area contributed by atoms with Crippen molar-refractivity contribution in [1.29, 1.82) is 0 Å². The van der Waals surface area contributed by atoms with Gasteiger partial charge in [0.05, 0.1) is 11.9 Å². The number of rotatable bonds is 9. The molecular formula is C27H34ClN7S. The number of halogens is 1. The summed E-state index contributed by atoms with van der Waals surface area (Å²) in [4.78, 5) is 15.1. The van der Waals surface area contributed by atoms with Gasteiger partial charge in [0.15, 0.2) is 5.82 Å². The molecule has 9 heteroatoms. The number of nitrogens with one attached hydrogen (secondary N) is 2. The Morgan fingerprint density at radius 2 is 1.64 bits per heavy atom. The average Bonchev–Trinajstić information content (AvgIpc) is 3.41. The topological polar surface area (TPSA) is 59.6 Å². The Kier molecular flexibility index (Phi) is 8.61. The van der Waals surface area contributed by atoms with Crippen molar-refractivity contribution in [3.05, 3.63) is 70.9 Å². The summed E-state index contributed by atoms with van der Waals surface area (Å²) in [6.45, 7) is 8.45. The van der Waals surface area contributed by atoms with Gasteiger partial charge in [0.2, 0.25) is 5.95 Å². The molecule has 5 rings (SSSR count). The van der Waals surface area contributed by atoms with Crippen LogP contribution in [0.2, 0.25) is 5.02 Å². The van der Waals surface area contributed by atoms with E-state index in [1.54, 1.807) is 18.1 Å². The van der Waals surface area contributed by atoms with Crippen molar-refractivity contribution >= 4 is 41.0 Å². The van der Waals surface area contributed by atoms with E-state index >= 15 is 0 Å². The minimum Gasteiger partial charge on any atom is -0.350 e. The molecule has 2 aliphatic heterocycles. The lowest BCUT2D eigenvalue weighted by molar-refractivity contribution is 0.148. The van der Waals surface area contributed by atoms with Gasteiger partial charge in [-0.2, -0.15) is 4.98 Å². The maximum absolute atomic E-state index is 6.45. The molecule has 0 bridgehead atoms. The predicted molar refractivity (Wildman–Crippen MR) is 150 cm³/mol. The molecule has 0 radical (unpaired) electrons. The second kappa shape index (κ2) is 12.3. The molecule has 0 spiro atoms. The molecule has 36 heavy (non-hydrogen) atoms. The first-order valence-corrected chi connectivity index (χ1v) is 13.8. The number of hydrogen-bond donors (Lipinski definition) is 2. The van der Waals surface area contributed by atoms with Crippen LogP contribution in [-0.2, 0) is 13.1 Å². The number of aromatic nitrogens is 2. The minimum absolute atomic E-state index is 0.495. The number of nitrogens with zero attached hydrogens (tertiary/aromatic N) is 5. The Bertz CT molecular complexity index is 1130. The van der Waals surface area contributed by atoms with Crippen molar-refractivity contribution in [3.8, 4) is 0 Å². The zero-order chi connectivity index (χ0) is 24.7. The third-order valence-electron chi connectivity index (χ3n) is 6.65. The molecule has 2 fully saturated rings. The van der Waals surface area contributed by atoms with E-state index in [2.05, 4.69) is 84.2 Å². The highest BCUT2D eigenvalue weighted by molar-refractivity contribution is 7.97. The van der Waals surface area contributed by atoms with Gasteiger partial charge in [0.25, 0.3) is 0 Å². The summed E-state index contributed by atoms with van der Waals surface area (Å²) in [7, 11) is 2.19. The van der Waals surface area contributed by atoms with Crippen LogP contribution in [0.1, 0.15) is 24.0 Å². The highest BCUT2D eigenvalue weighted by Crippen LogP contribution is 2.34. The van der Waals surface area contributed by atoms with Gasteiger partial charge in [-0.3, -0.25) is 4.90 Å². The molecule has 2 saturated heterocycles. The molecule has 2 N–H and O–H groups in total. The fraction of sp³-hybridized carbons (Fsp3) is 0.407. The molecule has 2 aromatic carbocycles. The van der Waals surface area contributed by atoms with Crippen LogP contribution in [0.5, 0.6) is 0 Å². The van der Waals surface area contributed by atoms with Crippen LogP contribution in [0.25, 0.3) is 0 Å². The quantitative estimate of drug-likeness (QED) is 0.365. The summed E-state index contributed by atoms with van der Waals surface area (Å²) >= 11 is 8.24. The van der Waals surface area contributed by atoms with Crippen molar-refractivity contribution < 1.29 is 0 Å². The molecule has 0 atom stereocenters. The summed E-state index contributed by atoms with van der Waals surface area (Å²) in [5, 5.41) is 7.26. The summed E-state index contributed by atoms with van der Waals surface area (Å²) in [6.07, 6.45) is 4.16. The number of anilines is 3. The normalized spacial score (nSPS) is 17.4. The maximum atomic E-state index is 6.45. The molecule has 0 amide bonds. The lowest BCUT2D eigenvalue weighted by atomic mass is 10.1. The first-order valence-electron chi connectivity index (χ1n) is 12.7.